The molecular formula is C20H21FN2O3. The standard InChI is InChI=1S/C20H21FN2O3/c1-12(2)18(23-19(25)15-4-8-16(21)9-5-15)20(26)22-17-10-6-14(7-11-17)13(3)24/h4-12,18H,1-3H3,(H,22,26)(H,23,25). The predicted molar refractivity (Wildman–Crippen MR) is 97.6 cm³/mol. The van der Waals surface area contributed by atoms with Gasteiger partial charge in [-0.15, -0.1) is 0 Å². The minimum Gasteiger partial charge on any atom is -0.340 e. The summed E-state index contributed by atoms with van der Waals surface area (Å²) in [5.41, 5.74) is 1.35. The Morgan fingerprint density at radius 1 is 0.885 bits per heavy atom. The molecule has 0 fully saturated rings. The van der Waals surface area contributed by atoms with Crippen LogP contribution < -0.4 is 10.6 Å². The van der Waals surface area contributed by atoms with Gasteiger partial charge >= 0.3 is 0 Å². The summed E-state index contributed by atoms with van der Waals surface area (Å²) in [6.07, 6.45) is 0. The number of benzene rings is 2. The van der Waals surface area contributed by atoms with E-state index in [0.717, 1.165) is 0 Å². The van der Waals surface area contributed by atoms with Gasteiger partial charge in [0.2, 0.25) is 5.91 Å². The summed E-state index contributed by atoms with van der Waals surface area (Å²) in [5, 5.41) is 5.40. The van der Waals surface area contributed by atoms with Gasteiger partial charge in [-0.2, -0.15) is 0 Å². The largest absolute Gasteiger partial charge is 0.340 e. The fourth-order valence-electron chi connectivity index (χ4n) is 2.37. The first-order valence-corrected chi connectivity index (χ1v) is 8.26. The van der Waals surface area contributed by atoms with Crippen LogP contribution in [0.25, 0.3) is 0 Å². The molecule has 0 aliphatic heterocycles. The van der Waals surface area contributed by atoms with E-state index in [9.17, 15) is 18.8 Å². The Bertz CT molecular complexity index is 799. The number of anilines is 1. The highest BCUT2D eigenvalue weighted by atomic mass is 19.1. The lowest BCUT2D eigenvalue weighted by atomic mass is 10.0. The summed E-state index contributed by atoms with van der Waals surface area (Å²) in [7, 11) is 0. The molecule has 2 aromatic rings. The Labute approximate surface area is 151 Å². The molecule has 1 unspecified atom stereocenters. The molecule has 0 radical (unpaired) electrons. The number of halogens is 1. The maximum atomic E-state index is 13.0. The maximum Gasteiger partial charge on any atom is 0.251 e. The second-order valence-electron chi connectivity index (χ2n) is 6.32. The van der Waals surface area contributed by atoms with Gasteiger partial charge in [0.15, 0.2) is 5.78 Å². The maximum absolute atomic E-state index is 13.0. The van der Waals surface area contributed by atoms with Crippen LogP contribution in [0.3, 0.4) is 0 Å². The number of Topliss-reactive ketones (excluding diaryl/α,β-unsaturated/α-hetero) is 1. The van der Waals surface area contributed by atoms with E-state index in [4.69, 9.17) is 0 Å². The van der Waals surface area contributed by atoms with Gasteiger partial charge in [-0.05, 0) is 61.4 Å². The summed E-state index contributed by atoms with van der Waals surface area (Å²) < 4.78 is 13.0. The van der Waals surface area contributed by atoms with E-state index in [2.05, 4.69) is 10.6 Å². The van der Waals surface area contributed by atoms with E-state index < -0.39 is 17.8 Å². The van der Waals surface area contributed by atoms with Gasteiger partial charge in [-0.25, -0.2) is 4.39 Å². The lowest BCUT2D eigenvalue weighted by molar-refractivity contribution is -0.118. The Balaban J connectivity index is 2.08. The second-order valence-corrected chi connectivity index (χ2v) is 6.32. The molecule has 1 atom stereocenters. The van der Waals surface area contributed by atoms with Crippen LogP contribution in [0.15, 0.2) is 48.5 Å². The van der Waals surface area contributed by atoms with Crippen LogP contribution >= 0.6 is 0 Å². The Kier molecular flexibility index (Phi) is 6.22. The van der Waals surface area contributed by atoms with Crippen LogP contribution in [-0.2, 0) is 4.79 Å². The monoisotopic (exact) mass is 356 g/mol. The fourth-order valence-corrected chi connectivity index (χ4v) is 2.37. The van der Waals surface area contributed by atoms with Gasteiger partial charge in [-0.3, -0.25) is 14.4 Å². The van der Waals surface area contributed by atoms with Crippen molar-refractivity contribution in [3.05, 3.63) is 65.5 Å². The molecule has 136 valence electrons. The summed E-state index contributed by atoms with van der Waals surface area (Å²) >= 11 is 0. The highest BCUT2D eigenvalue weighted by Gasteiger charge is 2.24. The van der Waals surface area contributed by atoms with Crippen molar-refractivity contribution in [3.8, 4) is 0 Å². The van der Waals surface area contributed by atoms with Crippen LogP contribution in [0.4, 0.5) is 10.1 Å². The lowest BCUT2D eigenvalue weighted by Crippen LogP contribution is -2.47. The Morgan fingerprint density at radius 2 is 1.42 bits per heavy atom. The number of carbonyl (C=O) groups is 3. The third-order valence-corrected chi connectivity index (χ3v) is 3.90. The van der Waals surface area contributed by atoms with Gasteiger partial charge in [-0.1, -0.05) is 13.8 Å². The molecule has 0 aliphatic rings. The summed E-state index contributed by atoms with van der Waals surface area (Å²) in [6.45, 7) is 5.09. The number of rotatable bonds is 6. The summed E-state index contributed by atoms with van der Waals surface area (Å²) in [5.74, 6) is -1.48. The summed E-state index contributed by atoms with van der Waals surface area (Å²) in [6, 6.07) is 10.9. The smallest absolute Gasteiger partial charge is 0.251 e. The Morgan fingerprint density at radius 3 is 1.92 bits per heavy atom. The fraction of sp³-hybridized carbons (Fsp3) is 0.250. The molecule has 26 heavy (non-hydrogen) atoms. The average molecular weight is 356 g/mol. The van der Waals surface area contributed by atoms with Gasteiger partial charge in [0, 0.05) is 16.8 Å². The number of ketones is 1. The first-order chi connectivity index (χ1) is 12.3. The van der Waals surface area contributed by atoms with Crippen molar-refractivity contribution < 1.29 is 18.8 Å². The topological polar surface area (TPSA) is 75.3 Å². The van der Waals surface area contributed by atoms with Crippen molar-refractivity contribution in [2.75, 3.05) is 5.32 Å². The zero-order valence-corrected chi connectivity index (χ0v) is 14.9. The van der Waals surface area contributed by atoms with Gasteiger partial charge in [0.25, 0.3) is 5.91 Å². The Hall–Kier alpha value is -3.02. The van der Waals surface area contributed by atoms with Gasteiger partial charge < -0.3 is 10.6 Å². The predicted octanol–water partition coefficient (Wildman–Crippen LogP) is 3.42. The van der Waals surface area contributed by atoms with Crippen molar-refractivity contribution >= 4 is 23.3 Å². The minimum atomic E-state index is -0.764. The van der Waals surface area contributed by atoms with Crippen molar-refractivity contribution in [2.24, 2.45) is 5.92 Å². The number of nitrogens with one attached hydrogen (secondary N) is 2. The zero-order valence-electron chi connectivity index (χ0n) is 14.9. The molecule has 0 heterocycles. The third-order valence-electron chi connectivity index (χ3n) is 3.90. The molecule has 0 saturated heterocycles. The third kappa shape index (κ3) is 4.99. The van der Waals surface area contributed by atoms with E-state index in [0.29, 0.717) is 11.3 Å². The molecule has 0 bridgehead atoms. The van der Waals surface area contributed by atoms with Crippen LogP contribution in [-0.4, -0.2) is 23.6 Å². The number of amides is 2. The molecule has 2 N–H and O–H groups in total. The molecule has 5 nitrogen and oxygen atoms in total. The van der Waals surface area contributed by atoms with Gasteiger partial charge in [0.1, 0.15) is 11.9 Å². The van der Waals surface area contributed by atoms with Crippen molar-refractivity contribution in [2.45, 2.75) is 26.8 Å². The van der Waals surface area contributed by atoms with Crippen LogP contribution in [0.5, 0.6) is 0 Å². The van der Waals surface area contributed by atoms with Crippen LogP contribution in [0.2, 0.25) is 0 Å². The van der Waals surface area contributed by atoms with Gasteiger partial charge in [0.05, 0.1) is 0 Å². The molecule has 0 saturated carbocycles. The number of hydrogen-bond acceptors (Lipinski definition) is 3. The van der Waals surface area contributed by atoms with E-state index in [1.807, 2.05) is 13.8 Å². The van der Waals surface area contributed by atoms with Crippen LogP contribution in [0.1, 0.15) is 41.5 Å². The molecule has 2 rings (SSSR count). The van der Waals surface area contributed by atoms with Crippen molar-refractivity contribution in [3.63, 3.8) is 0 Å². The SMILES string of the molecule is CC(=O)c1ccc(NC(=O)C(NC(=O)c2ccc(F)cc2)C(C)C)cc1. The number of hydrogen-bond donors (Lipinski definition) is 2. The number of carbonyl (C=O) groups excluding carboxylic acids is 3. The first kappa shape index (κ1) is 19.3. The van der Waals surface area contributed by atoms with E-state index in [1.54, 1.807) is 24.3 Å². The highest BCUT2D eigenvalue weighted by molar-refractivity contribution is 6.01. The van der Waals surface area contributed by atoms with E-state index >= 15 is 0 Å². The second kappa shape index (κ2) is 8.38. The highest BCUT2D eigenvalue weighted by Crippen LogP contribution is 2.13. The van der Waals surface area contributed by atoms with E-state index in [-0.39, 0.29) is 23.2 Å². The molecule has 0 aliphatic carbocycles. The van der Waals surface area contributed by atoms with E-state index in [1.165, 1.54) is 31.2 Å². The average Bonchev–Trinajstić information content (AvgIpc) is 2.60. The molecule has 6 heteroatoms. The quantitative estimate of drug-likeness (QED) is 0.779. The first-order valence-electron chi connectivity index (χ1n) is 8.26. The summed E-state index contributed by atoms with van der Waals surface area (Å²) in [4.78, 5) is 36.1. The minimum absolute atomic E-state index is 0.0607. The lowest BCUT2D eigenvalue weighted by Gasteiger charge is -2.22. The van der Waals surface area contributed by atoms with Crippen molar-refractivity contribution in [1.29, 1.82) is 0 Å². The molecule has 2 amide bonds. The molecule has 0 aromatic heterocycles. The van der Waals surface area contributed by atoms with Crippen LogP contribution in [0, 0.1) is 11.7 Å². The normalized spacial score (nSPS) is 11.7. The zero-order chi connectivity index (χ0) is 19.3. The van der Waals surface area contributed by atoms with Crippen molar-refractivity contribution in [1.82, 2.24) is 5.32 Å². The molecule has 2 aromatic carbocycles. The molecular weight excluding hydrogens is 335 g/mol. The molecule has 0 spiro atoms.